The standard InChI is InChI=1S/C23H28N4OS/c1-16-6-2-3-7-17(16)14-24-22-21-18-8-4-5-9-19(18)29-23(21)26-20(25-22)15-27-10-12-28-13-11-27/h2-3,6-7H,4-5,8-15H2,1H3,(H,24,25,26). The smallest absolute Gasteiger partial charge is 0.146 e. The van der Waals surface area contributed by atoms with E-state index in [9.17, 15) is 0 Å². The van der Waals surface area contributed by atoms with Crippen molar-refractivity contribution < 1.29 is 4.74 Å². The number of ether oxygens (including phenoxy) is 1. The molecule has 1 saturated heterocycles. The van der Waals surface area contributed by atoms with Gasteiger partial charge in [0.25, 0.3) is 0 Å². The van der Waals surface area contributed by atoms with Crippen molar-refractivity contribution in [2.24, 2.45) is 0 Å². The molecule has 2 aliphatic rings. The molecule has 0 spiro atoms. The highest BCUT2D eigenvalue weighted by atomic mass is 32.1. The van der Waals surface area contributed by atoms with Gasteiger partial charge in [0, 0.05) is 24.5 Å². The number of aromatic nitrogens is 2. The number of aryl methyl sites for hydroxylation is 3. The van der Waals surface area contributed by atoms with Crippen LogP contribution in [-0.4, -0.2) is 41.2 Å². The maximum Gasteiger partial charge on any atom is 0.146 e. The van der Waals surface area contributed by atoms with Crippen molar-refractivity contribution in [3.8, 4) is 0 Å². The lowest BCUT2D eigenvalue weighted by molar-refractivity contribution is 0.0331. The summed E-state index contributed by atoms with van der Waals surface area (Å²) in [5, 5.41) is 4.94. The molecule has 152 valence electrons. The molecule has 1 aliphatic heterocycles. The third-order valence-electron chi connectivity index (χ3n) is 6.04. The van der Waals surface area contributed by atoms with Crippen molar-refractivity contribution in [1.82, 2.24) is 14.9 Å². The first-order valence-electron chi connectivity index (χ1n) is 10.7. The Morgan fingerprint density at radius 2 is 1.93 bits per heavy atom. The number of rotatable bonds is 5. The SMILES string of the molecule is Cc1ccccc1CNc1nc(CN2CCOCC2)nc2sc3c(c12)CCCC3. The molecular weight excluding hydrogens is 380 g/mol. The molecule has 1 aromatic carbocycles. The highest BCUT2D eigenvalue weighted by Crippen LogP contribution is 2.38. The third-order valence-corrected chi connectivity index (χ3v) is 7.22. The largest absolute Gasteiger partial charge is 0.379 e. The Balaban J connectivity index is 1.49. The normalized spacial score (nSPS) is 17.4. The number of hydrogen-bond donors (Lipinski definition) is 1. The van der Waals surface area contributed by atoms with Gasteiger partial charge in [-0.15, -0.1) is 11.3 Å². The van der Waals surface area contributed by atoms with Gasteiger partial charge < -0.3 is 10.1 Å². The highest BCUT2D eigenvalue weighted by Gasteiger charge is 2.22. The van der Waals surface area contributed by atoms with E-state index in [2.05, 4.69) is 41.4 Å². The maximum absolute atomic E-state index is 5.49. The lowest BCUT2D eigenvalue weighted by Crippen LogP contribution is -2.36. The Bertz CT molecular complexity index is 1010. The lowest BCUT2D eigenvalue weighted by atomic mass is 9.97. The van der Waals surface area contributed by atoms with E-state index in [0.29, 0.717) is 0 Å². The summed E-state index contributed by atoms with van der Waals surface area (Å²) in [6.45, 7) is 7.26. The van der Waals surface area contributed by atoms with E-state index in [-0.39, 0.29) is 0 Å². The van der Waals surface area contributed by atoms with Gasteiger partial charge in [-0.2, -0.15) is 0 Å². The first kappa shape index (κ1) is 19.0. The molecule has 5 rings (SSSR count). The van der Waals surface area contributed by atoms with Crippen molar-refractivity contribution >= 4 is 27.4 Å². The minimum absolute atomic E-state index is 0.792. The number of nitrogens with one attached hydrogen (secondary N) is 1. The van der Waals surface area contributed by atoms with E-state index >= 15 is 0 Å². The summed E-state index contributed by atoms with van der Waals surface area (Å²) in [5.74, 6) is 1.94. The molecule has 6 heteroatoms. The second-order valence-corrected chi connectivity index (χ2v) is 9.13. The first-order chi connectivity index (χ1) is 14.3. The van der Waals surface area contributed by atoms with Crippen molar-refractivity contribution in [3.05, 3.63) is 51.7 Å². The summed E-state index contributed by atoms with van der Waals surface area (Å²) >= 11 is 1.88. The molecule has 2 aromatic heterocycles. The monoisotopic (exact) mass is 408 g/mol. The van der Waals surface area contributed by atoms with E-state index in [4.69, 9.17) is 14.7 Å². The fourth-order valence-corrected chi connectivity index (χ4v) is 5.63. The van der Waals surface area contributed by atoms with Gasteiger partial charge in [0.2, 0.25) is 0 Å². The Hall–Kier alpha value is -2.02. The molecule has 1 aliphatic carbocycles. The molecule has 0 amide bonds. The summed E-state index contributed by atoms with van der Waals surface area (Å²) in [7, 11) is 0. The summed E-state index contributed by atoms with van der Waals surface area (Å²) in [5.41, 5.74) is 4.12. The lowest BCUT2D eigenvalue weighted by Gasteiger charge is -2.26. The van der Waals surface area contributed by atoms with Crippen LogP contribution < -0.4 is 5.32 Å². The highest BCUT2D eigenvalue weighted by molar-refractivity contribution is 7.19. The van der Waals surface area contributed by atoms with Gasteiger partial charge >= 0.3 is 0 Å². The van der Waals surface area contributed by atoms with Crippen LogP contribution >= 0.6 is 11.3 Å². The van der Waals surface area contributed by atoms with Gasteiger partial charge in [0.15, 0.2) is 0 Å². The van der Waals surface area contributed by atoms with Crippen molar-refractivity contribution in [3.63, 3.8) is 0 Å². The Morgan fingerprint density at radius 3 is 2.79 bits per heavy atom. The summed E-state index contributed by atoms with van der Waals surface area (Å²) in [6.07, 6.45) is 4.90. The van der Waals surface area contributed by atoms with E-state index in [1.807, 2.05) is 11.3 Å². The van der Waals surface area contributed by atoms with E-state index in [0.717, 1.165) is 62.3 Å². The maximum atomic E-state index is 5.49. The summed E-state index contributed by atoms with van der Waals surface area (Å²) in [4.78, 5) is 15.1. The number of thiophene rings is 1. The zero-order chi connectivity index (χ0) is 19.6. The fourth-order valence-electron chi connectivity index (χ4n) is 4.35. The number of morpholine rings is 1. The molecule has 0 atom stereocenters. The van der Waals surface area contributed by atoms with E-state index in [1.165, 1.54) is 46.2 Å². The number of hydrogen-bond acceptors (Lipinski definition) is 6. The molecule has 1 fully saturated rings. The van der Waals surface area contributed by atoms with E-state index < -0.39 is 0 Å². The van der Waals surface area contributed by atoms with Gasteiger partial charge in [0.1, 0.15) is 16.5 Å². The average molecular weight is 409 g/mol. The van der Waals surface area contributed by atoms with Crippen LogP contribution in [0, 0.1) is 6.92 Å². The third kappa shape index (κ3) is 4.02. The number of benzene rings is 1. The van der Waals surface area contributed by atoms with Crippen molar-refractivity contribution in [2.45, 2.75) is 45.7 Å². The molecule has 29 heavy (non-hydrogen) atoms. The van der Waals surface area contributed by atoms with Crippen LogP contribution in [0.1, 0.15) is 40.2 Å². The van der Waals surface area contributed by atoms with Crippen LogP contribution in [0.25, 0.3) is 10.2 Å². The number of anilines is 1. The van der Waals surface area contributed by atoms with Gasteiger partial charge in [-0.3, -0.25) is 4.90 Å². The topological polar surface area (TPSA) is 50.3 Å². The molecular formula is C23H28N4OS. The summed E-state index contributed by atoms with van der Waals surface area (Å²) in [6, 6.07) is 8.56. The molecule has 3 heterocycles. The number of fused-ring (bicyclic) bond motifs is 3. The van der Waals surface area contributed by atoms with Crippen LogP contribution in [0.4, 0.5) is 5.82 Å². The Morgan fingerprint density at radius 1 is 1.10 bits per heavy atom. The second-order valence-electron chi connectivity index (χ2n) is 8.05. The molecule has 0 bridgehead atoms. The predicted molar refractivity (Wildman–Crippen MR) is 119 cm³/mol. The molecule has 3 aromatic rings. The molecule has 0 saturated carbocycles. The van der Waals surface area contributed by atoms with Gasteiger partial charge in [-0.1, -0.05) is 24.3 Å². The zero-order valence-electron chi connectivity index (χ0n) is 17.0. The Labute approximate surface area is 176 Å². The zero-order valence-corrected chi connectivity index (χ0v) is 17.9. The first-order valence-corrected chi connectivity index (χ1v) is 11.5. The van der Waals surface area contributed by atoms with E-state index in [1.54, 1.807) is 0 Å². The molecule has 5 nitrogen and oxygen atoms in total. The van der Waals surface area contributed by atoms with Gasteiger partial charge in [0.05, 0.1) is 25.1 Å². The molecule has 1 N–H and O–H groups in total. The Kier molecular flexibility index (Phi) is 5.48. The average Bonchev–Trinajstić information content (AvgIpc) is 3.12. The van der Waals surface area contributed by atoms with Crippen LogP contribution in [-0.2, 0) is 30.7 Å². The molecule has 0 radical (unpaired) electrons. The quantitative estimate of drug-likeness (QED) is 0.681. The minimum Gasteiger partial charge on any atom is -0.379 e. The van der Waals surface area contributed by atoms with Gasteiger partial charge in [-0.25, -0.2) is 9.97 Å². The second kappa shape index (κ2) is 8.38. The van der Waals surface area contributed by atoms with Crippen molar-refractivity contribution in [2.75, 3.05) is 31.6 Å². The van der Waals surface area contributed by atoms with Crippen LogP contribution in [0.2, 0.25) is 0 Å². The van der Waals surface area contributed by atoms with Gasteiger partial charge in [-0.05, 0) is 49.3 Å². The van der Waals surface area contributed by atoms with Crippen molar-refractivity contribution in [1.29, 1.82) is 0 Å². The minimum atomic E-state index is 0.792. The summed E-state index contributed by atoms with van der Waals surface area (Å²) < 4.78 is 5.49. The van der Waals surface area contributed by atoms with Crippen LogP contribution in [0.3, 0.4) is 0 Å². The van der Waals surface area contributed by atoms with Crippen LogP contribution in [0.5, 0.6) is 0 Å². The molecule has 0 unspecified atom stereocenters. The predicted octanol–water partition coefficient (Wildman–Crippen LogP) is 4.32. The number of nitrogens with zero attached hydrogens (tertiary/aromatic N) is 3. The van der Waals surface area contributed by atoms with Crippen LogP contribution in [0.15, 0.2) is 24.3 Å². The fraction of sp³-hybridized carbons (Fsp3) is 0.478.